The van der Waals surface area contributed by atoms with Crippen LogP contribution in [0, 0.1) is 0 Å². The van der Waals surface area contributed by atoms with Crippen molar-refractivity contribution in [2.45, 2.75) is 55.0 Å². The summed E-state index contributed by atoms with van der Waals surface area (Å²) in [7, 11) is 2.13. The van der Waals surface area contributed by atoms with Gasteiger partial charge in [-0.15, -0.1) is 11.8 Å². The molecule has 2 aliphatic rings. The van der Waals surface area contributed by atoms with Crippen molar-refractivity contribution in [2.24, 2.45) is 5.73 Å². The predicted octanol–water partition coefficient (Wildman–Crippen LogP) is 3.92. The van der Waals surface area contributed by atoms with Gasteiger partial charge in [0.15, 0.2) is 0 Å². The van der Waals surface area contributed by atoms with Crippen LogP contribution >= 0.6 is 11.8 Å². The fraction of sp³-hybridized carbons (Fsp3) is 0.500. The molecule has 0 bridgehead atoms. The second kappa shape index (κ2) is 6.96. The molecule has 4 rings (SSSR count). The van der Waals surface area contributed by atoms with Crippen LogP contribution in [0.4, 0.5) is 5.82 Å². The van der Waals surface area contributed by atoms with Crippen LogP contribution < -0.4 is 10.6 Å². The molecule has 4 nitrogen and oxygen atoms in total. The van der Waals surface area contributed by atoms with Gasteiger partial charge in [-0.2, -0.15) is 0 Å². The van der Waals surface area contributed by atoms with Gasteiger partial charge < -0.3 is 10.6 Å². The largest absolute Gasteiger partial charge is 0.355 e. The maximum absolute atomic E-state index is 5.99. The molecule has 2 aromatic rings. The third kappa shape index (κ3) is 3.82. The number of aromatic nitrogens is 2. The number of nitrogens with zero attached hydrogens (tertiary/aromatic N) is 3. The van der Waals surface area contributed by atoms with Gasteiger partial charge in [0.25, 0.3) is 0 Å². The van der Waals surface area contributed by atoms with Gasteiger partial charge in [0.05, 0.1) is 0 Å². The molecule has 2 saturated carbocycles. The molecule has 0 spiro atoms. The first-order valence-corrected chi connectivity index (χ1v) is 10.3. The van der Waals surface area contributed by atoms with Crippen molar-refractivity contribution in [1.29, 1.82) is 0 Å². The molecule has 0 atom stereocenters. The summed E-state index contributed by atoms with van der Waals surface area (Å²) in [5, 5.41) is 0. The van der Waals surface area contributed by atoms with E-state index >= 15 is 0 Å². The Hall–Kier alpha value is -1.59. The smallest absolute Gasteiger partial charge is 0.134 e. The van der Waals surface area contributed by atoms with Gasteiger partial charge in [0.2, 0.25) is 0 Å². The molecule has 5 heteroatoms. The van der Waals surface area contributed by atoms with Crippen molar-refractivity contribution in [1.82, 2.24) is 9.97 Å². The average Bonchev–Trinajstić information content (AvgIpc) is 3.44. The van der Waals surface area contributed by atoms with E-state index in [4.69, 9.17) is 15.7 Å². The van der Waals surface area contributed by atoms with E-state index in [1.54, 1.807) is 11.8 Å². The molecule has 1 aromatic heterocycles. The van der Waals surface area contributed by atoms with Gasteiger partial charge in [-0.05, 0) is 49.6 Å². The molecule has 2 N–H and O–H groups in total. The Balaban J connectivity index is 1.57. The Bertz CT molecular complexity index is 753. The Morgan fingerprint density at radius 2 is 1.96 bits per heavy atom. The third-order valence-corrected chi connectivity index (χ3v) is 5.96. The molecular weight excluding hydrogens is 328 g/mol. The lowest BCUT2D eigenvalue weighted by Crippen LogP contribution is -2.35. The summed E-state index contributed by atoms with van der Waals surface area (Å²) in [5.74, 6) is 3.17. The third-order valence-electron chi connectivity index (χ3n) is 5.23. The summed E-state index contributed by atoms with van der Waals surface area (Å²) in [6.45, 7) is 0.860. The van der Waals surface area contributed by atoms with Crippen LogP contribution in [0.25, 0.3) is 0 Å². The van der Waals surface area contributed by atoms with Crippen molar-refractivity contribution in [3.8, 4) is 0 Å². The van der Waals surface area contributed by atoms with Gasteiger partial charge in [-0.25, -0.2) is 9.97 Å². The van der Waals surface area contributed by atoms with Gasteiger partial charge in [0.1, 0.15) is 11.6 Å². The molecule has 132 valence electrons. The van der Waals surface area contributed by atoms with Crippen molar-refractivity contribution in [3.63, 3.8) is 0 Å². The van der Waals surface area contributed by atoms with Crippen LogP contribution in [-0.4, -0.2) is 29.3 Å². The molecule has 25 heavy (non-hydrogen) atoms. The van der Waals surface area contributed by atoms with Crippen LogP contribution in [0.3, 0.4) is 0 Å². The zero-order chi connectivity index (χ0) is 17.4. The molecule has 1 aromatic carbocycles. The first kappa shape index (κ1) is 16.9. The number of thioether (sulfide) groups is 1. The molecule has 0 aliphatic heterocycles. The van der Waals surface area contributed by atoms with Gasteiger partial charge in [0, 0.05) is 48.1 Å². The van der Waals surface area contributed by atoms with E-state index in [2.05, 4.69) is 48.5 Å². The standard InChI is InChI=1S/C20H26N4S/c1-24(12-13-4-3-5-17(8-13)25-2)19-11-18(15-9-16(21)10-15)22-20(23-19)14-6-7-14/h3-5,8,11,14-16H,6-7,9-10,12,21H2,1-2H3. The number of rotatable bonds is 6. The van der Waals surface area contributed by atoms with Crippen LogP contribution in [-0.2, 0) is 6.54 Å². The second-order valence-electron chi connectivity index (χ2n) is 7.42. The van der Waals surface area contributed by atoms with E-state index < -0.39 is 0 Å². The Kier molecular flexibility index (Phi) is 4.69. The minimum Gasteiger partial charge on any atom is -0.355 e. The highest BCUT2D eigenvalue weighted by Crippen LogP contribution is 2.41. The Labute approximate surface area is 154 Å². The number of hydrogen-bond acceptors (Lipinski definition) is 5. The van der Waals surface area contributed by atoms with Crippen molar-refractivity contribution >= 4 is 17.6 Å². The number of hydrogen-bond donors (Lipinski definition) is 1. The SMILES string of the molecule is CSc1cccc(CN(C)c2cc(C3CC(N)C3)nc(C3CC3)n2)c1. The number of nitrogens with two attached hydrogens (primary N) is 1. The highest BCUT2D eigenvalue weighted by molar-refractivity contribution is 7.98. The molecule has 0 unspecified atom stereocenters. The first-order valence-electron chi connectivity index (χ1n) is 9.11. The van der Waals surface area contributed by atoms with Crippen LogP contribution in [0.2, 0.25) is 0 Å². The lowest BCUT2D eigenvalue weighted by atomic mass is 9.78. The van der Waals surface area contributed by atoms with Crippen LogP contribution in [0.1, 0.15) is 54.6 Å². The fourth-order valence-electron chi connectivity index (χ4n) is 3.43. The minimum absolute atomic E-state index is 0.347. The second-order valence-corrected chi connectivity index (χ2v) is 8.30. The number of benzene rings is 1. The van der Waals surface area contributed by atoms with Crippen molar-refractivity contribution in [3.05, 3.63) is 47.4 Å². The highest BCUT2D eigenvalue weighted by Gasteiger charge is 2.32. The van der Waals surface area contributed by atoms with E-state index in [0.717, 1.165) is 31.0 Å². The average molecular weight is 355 g/mol. The first-order chi connectivity index (χ1) is 12.1. The lowest BCUT2D eigenvalue weighted by Gasteiger charge is -2.32. The predicted molar refractivity (Wildman–Crippen MR) is 104 cm³/mol. The summed E-state index contributed by atoms with van der Waals surface area (Å²) in [6.07, 6.45) is 6.68. The zero-order valence-corrected chi connectivity index (χ0v) is 15.8. The van der Waals surface area contributed by atoms with Gasteiger partial charge >= 0.3 is 0 Å². The minimum atomic E-state index is 0.347. The molecule has 2 fully saturated rings. The Morgan fingerprint density at radius 3 is 2.64 bits per heavy atom. The summed E-state index contributed by atoms with van der Waals surface area (Å²) in [4.78, 5) is 13.3. The summed E-state index contributed by atoms with van der Waals surface area (Å²) in [5.41, 5.74) is 8.49. The monoisotopic (exact) mass is 354 g/mol. The van der Waals surface area contributed by atoms with E-state index in [1.807, 2.05) is 0 Å². The highest BCUT2D eigenvalue weighted by atomic mass is 32.2. The molecule has 0 radical (unpaired) electrons. The van der Waals surface area contributed by atoms with E-state index in [0.29, 0.717) is 17.9 Å². The lowest BCUT2D eigenvalue weighted by molar-refractivity contribution is 0.344. The molecule has 0 saturated heterocycles. The summed E-state index contributed by atoms with van der Waals surface area (Å²) in [6, 6.07) is 11.3. The summed E-state index contributed by atoms with van der Waals surface area (Å²) >= 11 is 1.78. The normalized spacial score (nSPS) is 22.5. The summed E-state index contributed by atoms with van der Waals surface area (Å²) < 4.78 is 0. The maximum atomic E-state index is 5.99. The molecular formula is C20H26N4S. The van der Waals surface area contributed by atoms with Gasteiger partial charge in [-0.1, -0.05) is 12.1 Å². The molecule has 1 heterocycles. The Morgan fingerprint density at radius 1 is 1.16 bits per heavy atom. The number of anilines is 1. The molecule has 0 amide bonds. The quantitative estimate of drug-likeness (QED) is 0.797. The topological polar surface area (TPSA) is 55.0 Å². The van der Waals surface area contributed by atoms with E-state index in [-0.39, 0.29) is 0 Å². The van der Waals surface area contributed by atoms with Gasteiger partial charge in [-0.3, -0.25) is 0 Å². The van der Waals surface area contributed by atoms with E-state index in [9.17, 15) is 0 Å². The fourth-order valence-corrected chi connectivity index (χ4v) is 3.91. The van der Waals surface area contributed by atoms with Crippen molar-refractivity contribution in [2.75, 3.05) is 18.2 Å². The van der Waals surface area contributed by atoms with Crippen LogP contribution in [0.15, 0.2) is 35.2 Å². The van der Waals surface area contributed by atoms with E-state index in [1.165, 1.54) is 29.0 Å². The maximum Gasteiger partial charge on any atom is 0.134 e. The molecule has 2 aliphatic carbocycles. The van der Waals surface area contributed by atoms with Crippen LogP contribution in [0.5, 0.6) is 0 Å². The van der Waals surface area contributed by atoms with Crippen molar-refractivity contribution < 1.29 is 0 Å². The zero-order valence-electron chi connectivity index (χ0n) is 15.0.